The number of benzene rings is 1. The lowest BCUT2D eigenvalue weighted by Crippen LogP contribution is -1.99. The van der Waals surface area contributed by atoms with Crippen molar-refractivity contribution in [3.63, 3.8) is 0 Å². The van der Waals surface area contributed by atoms with Crippen molar-refractivity contribution in [2.45, 2.75) is 26.2 Å². The third-order valence-corrected chi connectivity index (χ3v) is 3.93. The molecular weight excluding hydrogens is 220 g/mol. The Labute approximate surface area is 98.5 Å². The minimum atomic E-state index is -0.778. The molecule has 3 heteroatoms. The SMILES string of the molecule is CC(C)c1cc2ccc(CC(=O)O)cc2s1. The molecule has 0 radical (unpaired) electrons. The number of hydrogen-bond donors (Lipinski definition) is 1. The van der Waals surface area contributed by atoms with Crippen molar-refractivity contribution in [2.24, 2.45) is 0 Å². The summed E-state index contributed by atoms with van der Waals surface area (Å²) in [5.74, 6) is -0.250. The first-order valence-corrected chi connectivity index (χ1v) is 6.12. The Morgan fingerprint density at radius 1 is 1.38 bits per heavy atom. The Kier molecular flexibility index (Phi) is 2.97. The van der Waals surface area contributed by atoms with Gasteiger partial charge in [0.2, 0.25) is 0 Å². The van der Waals surface area contributed by atoms with Crippen LogP contribution in [-0.2, 0) is 11.2 Å². The number of hydrogen-bond acceptors (Lipinski definition) is 2. The number of fused-ring (bicyclic) bond motifs is 1. The highest BCUT2D eigenvalue weighted by molar-refractivity contribution is 7.19. The van der Waals surface area contributed by atoms with Crippen LogP contribution >= 0.6 is 11.3 Å². The summed E-state index contributed by atoms with van der Waals surface area (Å²) in [5, 5.41) is 9.95. The summed E-state index contributed by atoms with van der Waals surface area (Å²) in [4.78, 5) is 12.0. The average Bonchev–Trinajstić information content (AvgIpc) is 2.59. The summed E-state index contributed by atoms with van der Waals surface area (Å²) in [7, 11) is 0. The molecule has 0 fully saturated rings. The van der Waals surface area contributed by atoms with Gasteiger partial charge in [0, 0.05) is 9.58 Å². The van der Waals surface area contributed by atoms with E-state index in [2.05, 4.69) is 19.9 Å². The second-order valence-corrected chi connectivity index (χ2v) is 5.36. The standard InChI is InChI=1S/C13H14O2S/c1-8(2)11-7-10-4-3-9(6-13(14)15)5-12(10)16-11/h3-5,7-8H,6H2,1-2H3,(H,14,15). The van der Waals surface area contributed by atoms with Gasteiger partial charge in [0.05, 0.1) is 6.42 Å². The van der Waals surface area contributed by atoms with Gasteiger partial charge >= 0.3 is 5.97 Å². The molecule has 0 saturated heterocycles. The third kappa shape index (κ3) is 2.25. The van der Waals surface area contributed by atoms with Crippen molar-refractivity contribution in [3.05, 3.63) is 34.7 Å². The molecular formula is C13H14O2S. The highest BCUT2D eigenvalue weighted by Crippen LogP contribution is 2.31. The molecule has 2 nitrogen and oxygen atoms in total. The number of carbonyl (C=O) groups is 1. The predicted molar refractivity (Wildman–Crippen MR) is 67.3 cm³/mol. The summed E-state index contributed by atoms with van der Waals surface area (Å²) in [5.41, 5.74) is 0.872. The zero-order valence-corrected chi connectivity index (χ0v) is 10.2. The van der Waals surface area contributed by atoms with Crippen molar-refractivity contribution >= 4 is 27.4 Å². The molecule has 0 aliphatic rings. The van der Waals surface area contributed by atoms with E-state index in [1.807, 2.05) is 18.2 Å². The Hall–Kier alpha value is -1.35. The van der Waals surface area contributed by atoms with Crippen LogP contribution in [0.1, 0.15) is 30.2 Å². The summed E-state index contributed by atoms with van der Waals surface area (Å²) in [6.07, 6.45) is 0.102. The van der Waals surface area contributed by atoms with Crippen LogP contribution in [0.2, 0.25) is 0 Å². The smallest absolute Gasteiger partial charge is 0.307 e. The Morgan fingerprint density at radius 3 is 2.75 bits per heavy atom. The lowest BCUT2D eigenvalue weighted by atomic mass is 10.1. The van der Waals surface area contributed by atoms with E-state index >= 15 is 0 Å². The fourth-order valence-corrected chi connectivity index (χ4v) is 2.80. The Bertz CT molecular complexity index is 526. The van der Waals surface area contributed by atoms with Crippen molar-refractivity contribution < 1.29 is 9.90 Å². The van der Waals surface area contributed by atoms with E-state index in [-0.39, 0.29) is 6.42 Å². The first-order chi connectivity index (χ1) is 7.56. The van der Waals surface area contributed by atoms with Gasteiger partial charge in [-0.05, 0) is 29.0 Å². The normalized spacial score (nSPS) is 11.2. The van der Waals surface area contributed by atoms with Crippen LogP contribution < -0.4 is 0 Å². The molecule has 84 valence electrons. The molecule has 1 N–H and O–H groups in total. The summed E-state index contributed by atoms with van der Waals surface area (Å²) in [6.45, 7) is 4.34. The number of aliphatic carboxylic acids is 1. The molecule has 0 spiro atoms. The van der Waals surface area contributed by atoms with E-state index in [0.29, 0.717) is 5.92 Å². The van der Waals surface area contributed by atoms with E-state index in [4.69, 9.17) is 5.11 Å². The van der Waals surface area contributed by atoms with E-state index in [9.17, 15) is 4.79 Å². The zero-order valence-electron chi connectivity index (χ0n) is 9.36. The topological polar surface area (TPSA) is 37.3 Å². The number of carboxylic acid groups (broad SMARTS) is 1. The van der Waals surface area contributed by atoms with Gasteiger partial charge in [-0.3, -0.25) is 4.79 Å². The molecule has 0 atom stereocenters. The maximum absolute atomic E-state index is 10.6. The van der Waals surface area contributed by atoms with E-state index in [0.717, 1.165) is 5.56 Å². The number of thiophene rings is 1. The molecule has 0 saturated carbocycles. The van der Waals surface area contributed by atoms with Gasteiger partial charge < -0.3 is 5.11 Å². The van der Waals surface area contributed by atoms with Crippen LogP contribution in [0.4, 0.5) is 0 Å². The average molecular weight is 234 g/mol. The monoisotopic (exact) mass is 234 g/mol. The van der Waals surface area contributed by atoms with Gasteiger partial charge in [-0.2, -0.15) is 0 Å². The summed E-state index contributed by atoms with van der Waals surface area (Å²) >= 11 is 1.75. The Balaban J connectivity index is 2.41. The first-order valence-electron chi connectivity index (χ1n) is 5.30. The molecule has 2 aromatic rings. The number of rotatable bonds is 3. The van der Waals surface area contributed by atoms with Crippen molar-refractivity contribution in [1.82, 2.24) is 0 Å². The second-order valence-electron chi connectivity index (χ2n) is 4.25. The summed E-state index contributed by atoms with van der Waals surface area (Å²) in [6, 6.07) is 8.08. The van der Waals surface area contributed by atoms with Gasteiger partial charge in [0.15, 0.2) is 0 Å². The van der Waals surface area contributed by atoms with Gasteiger partial charge in [-0.25, -0.2) is 0 Å². The van der Waals surface area contributed by atoms with E-state index < -0.39 is 5.97 Å². The van der Waals surface area contributed by atoms with Crippen LogP contribution in [0.3, 0.4) is 0 Å². The van der Waals surface area contributed by atoms with Crippen LogP contribution in [-0.4, -0.2) is 11.1 Å². The lowest BCUT2D eigenvalue weighted by Gasteiger charge is -1.96. The largest absolute Gasteiger partial charge is 0.481 e. The van der Waals surface area contributed by atoms with Gasteiger partial charge in [0.1, 0.15) is 0 Å². The van der Waals surface area contributed by atoms with Crippen LogP contribution in [0.5, 0.6) is 0 Å². The van der Waals surface area contributed by atoms with Crippen LogP contribution in [0, 0.1) is 0 Å². The van der Waals surface area contributed by atoms with E-state index in [1.54, 1.807) is 11.3 Å². The molecule has 0 bridgehead atoms. The molecule has 16 heavy (non-hydrogen) atoms. The van der Waals surface area contributed by atoms with E-state index in [1.165, 1.54) is 15.0 Å². The second kappa shape index (κ2) is 4.26. The predicted octanol–water partition coefficient (Wildman–Crippen LogP) is 3.65. The summed E-state index contributed by atoms with van der Waals surface area (Å²) < 4.78 is 1.18. The van der Waals surface area contributed by atoms with Crippen molar-refractivity contribution in [1.29, 1.82) is 0 Å². The minimum Gasteiger partial charge on any atom is -0.481 e. The quantitative estimate of drug-likeness (QED) is 0.880. The maximum atomic E-state index is 10.6. The highest BCUT2D eigenvalue weighted by Gasteiger charge is 2.07. The molecule has 0 aliphatic carbocycles. The van der Waals surface area contributed by atoms with Gasteiger partial charge in [-0.15, -0.1) is 11.3 Å². The molecule has 1 aromatic carbocycles. The first kappa shape index (κ1) is 11.1. The molecule has 2 rings (SSSR count). The third-order valence-electron chi connectivity index (χ3n) is 2.53. The molecule has 1 aromatic heterocycles. The van der Waals surface area contributed by atoms with Gasteiger partial charge in [0.25, 0.3) is 0 Å². The fourth-order valence-electron chi connectivity index (χ4n) is 1.67. The minimum absolute atomic E-state index is 0.102. The van der Waals surface area contributed by atoms with Crippen molar-refractivity contribution in [3.8, 4) is 0 Å². The maximum Gasteiger partial charge on any atom is 0.307 e. The Morgan fingerprint density at radius 2 is 2.12 bits per heavy atom. The van der Waals surface area contributed by atoms with Gasteiger partial charge in [-0.1, -0.05) is 26.0 Å². The van der Waals surface area contributed by atoms with Crippen molar-refractivity contribution in [2.75, 3.05) is 0 Å². The molecule has 1 heterocycles. The lowest BCUT2D eigenvalue weighted by molar-refractivity contribution is -0.136. The zero-order chi connectivity index (χ0) is 11.7. The van der Waals surface area contributed by atoms with Crippen LogP contribution in [0.15, 0.2) is 24.3 Å². The highest BCUT2D eigenvalue weighted by atomic mass is 32.1. The number of carboxylic acids is 1. The molecule has 0 aliphatic heterocycles. The molecule has 0 unspecified atom stereocenters. The molecule has 0 amide bonds. The van der Waals surface area contributed by atoms with Crippen LogP contribution in [0.25, 0.3) is 10.1 Å². The fraction of sp³-hybridized carbons (Fsp3) is 0.308.